The van der Waals surface area contributed by atoms with Crippen LogP contribution in [-0.2, 0) is 4.74 Å². The van der Waals surface area contributed by atoms with E-state index in [1.807, 2.05) is 0 Å². The number of hydrogen-bond donors (Lipinski definition) is 2. The van der Waals surface area contributed by atoms with Crippen LogP contribution >= 0.6 is 11.3 Å². The Morgan fingerprint density at radius 3 is 2.45 bits per heavy atom. The van der Waals surface area contributed by atoms with Gasteiger partial charge in [0.15, 0.2) is 10.8 Å². The predicted octanol–water partition coefficient (Wildman–Crippen LogP) is 4.24. The fourth-order valence-electron chi connectivity index (χ4n) is 2.57. The Balaban J connectivity index is 2.16. The van der Waals surface area contributed by atoms with Crippen molar-refractivity contribution in [1.29, 1.82) is 0 Å². The number of ether oxygens (including phenoxy) is 1. The summed E-state index contributed by atoms with van der Waals surface area (Å²) in [5.41, 5.74) is -0.550. The number of carbonyl (C=O) groups is 2. The minimum absolute atomic E-state index is 0.0583. The number of nitrogens with one attached hydrogen (secondary N) is 1. The van der Waals surface area contributed by atoms with Crippen molar-refractivity contribution in [3.05, 3.63) is 10.6 Å². The van der Waals surface area contributed by atoms with Gasteiger partial charge in [0.2, 0.25) is 0 Å². The highest BCUT2D eigenvalue weighted by Gasteiger charge is 2.27. The van der Waals surface area contributed by atoms with Crippen molar-refractivity contribution in [2.75, 3.05) is 5.32 Å². The maximum absolute atomic E-state index is 11.8. The van der Waals surface area contributed by atoms with E-state index in [2.05, 4.69) is 10.3 Å². The van der Waals surface area contributed by atoms with E-state index in [1.54, 1.807) is 20.8 Å². The Morgan fingerprint density at radius 1 is 1.27 bits per heavy atom. The third-order valence-corrected chi connectivity index (χ3v) is 4.57. The fourth-order valence-corrected chi connectivity index (χ4v) is 3.68. The molecule has 0 aromatic carbocycles. The fraction of sp³-hybridized carbons (Fsp3) is 0.667. The van der Waals surface area contributed by atoms with Crippen LogP contribution in [0, 0.1) is 0 Å². The van der Waals surface area contributed by atoms with Gasteiger partial charge in [-0.3, -0.25) is 5.32 Å². The maximum Gasteiger partial charge on any atom is 0.413 e. The van der Waals surface area contributed by atoms with Gasteiger partial charge >= 0.3 is 12.1 Å². The van der Waals surface area contributed by atoms with E-state index in [9.17, 15) is 14.7 Å². The Bertz CT molecular complexity index is 556. The number of anilines is 1. The molecule has 22 heavy (non-hydrogen) atoms. The molecule has 0 bridgehead atoms. The summed E-state index contributed by atoms with van der Waals surface area (Å²) in [4.78, 5) is 28.0. The minimum atomic E-state index is -1.05. The molecule has 0 radical (unpaired) electrons. The molecule has 0 atom stereocenters. The van der Waals surface area contributed by atoms with Crippen molar-refractivity contribution in [3.63, 3.8) is 0 Å². The lowest BCUT2D eigenvalue weighted by molar-refractivity contribution is 0.0632. The van der Waals surface area contributed by atoms with E-state index in [0.717, 1.165) is 30.6 Å². The molecule has 1 heterocycles. The molecule has 7 heteroatoms. The molecule has 1 saturated carbocycles. The summed E-state index contributed by atoms with van der Waals surface area (Å²) in [6, 6.07) is 0. The topological polar surface area (TPSA) is 88.5 Å². The monoisotopic (exact) mass is 326 g/mol. The summed E-state index contributed by atoms with van der Waals surface area (Å²) in [7, 11) is 0. The van der Waals surface area contributed by atoms with E-state index < -0.39 is 17.7 Å². The van der Waals surface area contributed by atoms with Gasteiger partial charge in [0.1, 0.15) is 5.60 Å². The molecule has 122 valence electrons. The first-order valence-corrected chi connectivity index (χ1v) is 8.32. The van der Waals surface area contributed by atoms with Crippen LogP contribution in [0.4, 0.5) is 9.93 Å². The number of carboxylic acids is 1. The zero-order chi connectivity index (χ0) is 16.3. The highest BCUT2D eigenvalue weighted by atomic mass is 32.1. The SMILES string of the molecule is CC(C)(C)OC(=O)Nc1nc(C(=O)O)c(C2CCCCC2)s1. The van der Waals surface area contributed by atoms with Gasteiger partial charge in [-0.15, -0.1) is 11.3 Å². The van der Waals surface area contributed by atoms with Crippen molar-refractivity contribution < 1.29 is 19.4 Å². The molecule has 1 aliphatic carbocycles. The second-order valence-corrected chi connectivity index (χ2v) is 7.53. The van der Waals surface area contributed by atoms with Crippen LogP contribution < -0.4 is 5.32 Å². The highest BCUT2D eigenvalue weighted by molar-refractivity contribution is 7.16. The van der Waals surface area contributed by atoms with Crippen LogP contribution in [0.3, 0.4) is 0 Å². The summed E-state index contributed by atoms with van der Waals surface area (Å²) in [6.45, 7) is 5.31. The van der Waals surface area contributed by atoms with Crippen LogP contribution in [0.1, 0.15) is 74.2 Å². The Labute approximate surface area is 133 Å². The lowest BCUT2D eigenvalue weighted by Crippen LogP contribution is -2.27. The summed E-state index contributed by atoms with van der Waals surface area (Å²) < 4.78 is 5.17. The molecule has 1 aromatic rings. The van der Waals surface area contributed by atoms with Crippen LogP contribution in [0.25, 0.3) is 0 Å². The average Bonchev–Trinajstić information content (AvgIpc) is 2.81. The van der Waals surface area contributed by atoms with Crippen LogP contribution in [0.15, 0.2) is 0 Å². The van der Waals surface area contributed by atoms with Crippen LogP contribution in [0.2, 0.25) is 0 Å². The third-order valence-electron chi connectivity index (χ3n) is 3.44. The number of rotatable bonds is 3. The summed E-state index contributed by atoms with van der Waals surface area (Å²) >= 11 is 1.24. The standard InChI is InChI=1S/C15H22N2O4S/c1-15(2,3)21-14(20)17-13-16-10(12(18)19)11(22-13)9-7-5-4-6-8-9/h9H,4-8H2,1-3H3,(H,18,19)(H,16,17,20). The molecular weight excluding hydrogens is 304 g/mol. The average molecular weight is 326 g/mol. The number of aromatic nitrogens is 1. The predicted molar refractivity (Wildman–Crippen MR) is 84.8 cm³/mol. The first kappa shape index (κ1) is 16.7. The van der Waals surface area contributed by atoms with Gasteiger partial charge in [0.05, 0.1) is 0 Å². The van der Waals surface area contributed by atoms with E-state index in [4.69, 9.17) is 4.74 Å². The second-order valence-electron chi connectivity index (χ2n) is 6.50. The van der Waals surface area contributed by atoms with Gasteiger partial charge in [-0.1, -0.05) is 19.3 Å². The first-order valence-electron chi connectivity index (χ1n) is 7.50. The molecule has 6 nitrogen and oxygen atoms in total. The zero-order valence-electron chi connectivity index (χ0n) is 13.1. The van der Waals surface area contributed by atoms with Crippen molar-refractivity contribution in [3.8, 4) is 0 Å². The Kier molecular flexibility index (Phi) is 5.05. The molecule has 0 unspecified atom stereocenters. The molecule has 0 aliphatic heterocycles. The molecule has 2 rings (SSSR count). The summed E-state index contributed by atoms with van der Waals surface area (Å²) in [5.74, 6) is -0.819. The van der Waals surface area contributed by atoms with E-state index in [1.165, 1.54) is 17.8 Å². The van der Waals surface area contributed by atoms with Crippen molar-refractivity contribution in [2.24, 2.45) is 0 Å². The Hall–Kier alpha value is -1.63. The van der Waals surface area contributed by atoms with Gasteiger partial charge in [0, 0.05) is 4.88 Å². The normalized spacial score (nSPS) is 16.3. The number of aromatic carboxylic acids is 1. The highest BCUT2D eigenvalue weighted by Crippen LogP contribution is 2.39. The van der Waals surface area contributed by atoms with E-state index >= 15 is 0 Å². The smallest absolute Gasteiger partial charge is 0.413 e. The maximum atomic E-state index is 11.8. The summed E-state index contributed by atoms with van der Waals surface area (Å²) in [5, 5.41) is 12.2. The van der Waals surface area contributed by atoms with Crippen LogP contribution in [0.5, 0.6) is 0 Å². The minimum Gasteiger partial charge on any atom is -0.476 e. The molecular formula is C15H22N2O4S. The van der Waals surface area contributed by atoms with Gasteiger partial charge < -0.3 is 9.84 Å². The van der Waals surface area contributed by atoms with Gasteiger partial charge in [-0.2, -0.15) is 0 Å². The largest absolute Gasteiger partial charge is 0.476 e. The van der Waals surface area contributed by atoms with Gasteiger partial charge in [0.25, 0.3) is 0 Å². The number of carboxylic acid groups (broad SMARTS) is 1. The molecule has 2 N–H and O–H groups in total. The van der Waals surface area contributed by atoms with E-state index in [-0.39, 0.29) is 16.7 Å². The van der Waals surface area contributed by atoms with Crippen LogP contribution in [-0.4, -0.2) is 27.8 Å². The first-order chi connectivity index (χ1) is 10.3. The second kappa shape index (κ2) is 6.64. The number of nitrogens with zero attached hydrogens (tertiary/aromatic N) is 1. The number of carbonyl (C=O) groups excluding carboxylic acids is 1. The number of thiazole rings is 1. The third kappa shape index (κ3) is 4.43. The van der Waals surface area contributed by atoms with Crippen molar-refractivity contribution >= 4 is 28.5 Å². The summed E-state index contributed by atoms with van der Waals surface area (Å²) in [6.07, 6.45) is 4.75. The molecule has 0 spiro atoms. The lowest BCUT2D eigenvalue weighted by atomic mass is 9.87. The molecule has 0 saturated heterocycles. The van der Waals surface area contributed by atoms with Crippen molar-refractivity contribution in [1.82, 2.24) is 4.98 Å². The molecule has 1 amide bonds. The molecule has 1 aliphatic rings. The van der Waals surface area contributed by atoms with Gasteiger partial charge in [-0.25, -0.2) is 14.6 Å². The molecule has 1 fully saturated rings. The zero-order valence-corrected chi connectivity index (χ0v) is 14.0. The van der Waals surface area contributed by atoms with E-state index in [0.29, 0.717) is 0 Å². The number of hydrogen-bond acceptors (Lipinski definition) is 5. The number of amides is 1. The van der Waals surface area contributed by atoms with Gasteiger partial charge in [-0.05, 0) is 39.5 Å². The quantitative estimate of drug-likeness (QED) is 0.867. The lowest BCUT2D eigenvalue weighted by Gasteiger charge is -2.20. The Morgan fingerprint density at radius 2 is 1.91 bits per heavy atom. The van der Waals surface area contributed by atoms with Crippen molar-refractivity contribution in [2.45, 2.75) is 64.4 Å². The molecule has 1 aromatic heterocycles.